The third-order valence-corrected chi connectivity index (χ3v) is 2.48. The summed E-state index contributed by atoms with van der Waals surface area (Å²) >= 11 is 0. The standard InChI is InChI=1S/C9H16.C8H10/c1-5-9(4)7-6-8(2)3;1-7-3-5-8(2)6-4-7/h6-7H,5H2,1-4H3;3-6H,1-2H3/b9-7-;. The highest BCUT2D eigenvalue weighted by atomic mass is 13.9. The Morgan fingerprint density at radius 3 is 1.59 bits per heavy atom. The summed E-state index contributed by atoms with van der Waals surface area (Å²) in [6.45, 7) is 12.7. The van der Waals surface area contributed by atoms with Gasteiger partial charge >= 0.3 is 0 Å². The largest absolute Gasteiger partial charge is 0.0764 e. The van der Waals surface area contributed by atoms with E-state index in [1.54, 1.807) is 0 Å². The molecule has 17 heavy (non-hydrogen) atoms. The van der Waals surface area contributed by atoms with Gasteiger partial charge in [-0.3, -0.25) is 0 Å². The van der Waals surface area contributed by atoms with Gasteiger partial charge in [-0.2, -0.15) is 0 Å². The zero-order chi connectivity index (χ0) is 13.3. The molecule has 0 spiro atoms. The molecule has 1 aromatic rings. The van der Waals surface area contributed by atoms with Gasteiger partial charge in [0.15, 0.2) is 0 Å². The number of rotatable bonds is 2. The number of benzene rings is 1. The van der Waals surface area contributed by atoms with Crippen LogP contribution in [0.15, 0.2) is 47.6 Å². The maximum atomic E-state index is 2.18. The molecule has 0 fully saturated rings. The van der Waals surface area contributed by atoms with Crippen LogP contribution in [0.3, 0.4) is 0 Å². The van der Waals surface area contributed by atoms with Crippen LogP contribution < -0.4 is 0 Å². The molecule has 0 aromatic heterocycles. The van der Waals surface area contributed by atoms with E-state index in [2.05, 4.69) is 78.0 Å². The molecule has 0 heteroatoms. The van der Waals surface area contributed by atoms with Gasteiger partial charge in [0.1, 0.15) is 0 Å². The van der Waals surface area contributed by atoms with E-state index in [0.29, 0.717) is 0 Å². The molecule has 0 N–H and O–H groups in total. The van der Waals surface area contributed by atoms with E-state index in [9.17, 15) is 0 Å². The van der Waals surface area contributed by atoms with Crippen LogP contribution in [0.5, 0.6) is 0 Å². The second-order valence-electron chi connectivity index (χ2n) is 4.77. The highest BCUT2D eigenvalue weighted by molar-refractivity contribution is 5.19. The molecule has 0 aliphatic heterocycles. The fourth-order valence-corrected chi connectivity index (χ4v) is 1.06. The van der Waals surface area contributed by atoms with Gasteiger partial charge in [-0.05, 0) is 41.0 Å². The predicted octanol–water partition coefficient (Wildman–Crippen LogP) is 5.61. The first-order valence-electron chi connectivity index (χ1n) is 6.29. The molecule has 0 saturated carbocycles. The molecule has 1 rings (SSSR count). The smallest absolute Gasteiger partial charge is 0.0349 e. The second-order valence-corrected chi connectivity index (χ2v) is 4.77. The van der Waals surface area contributed by atoms with Crippen molar-refractivity contribution < 1.29 is 0 Å². The summed E-state index contributed by atoms with van der Waals surface area (Å²) in [6.07, 6.45) is 5.48. The van der Waals surface area contributed by atoms with Crippen LogP contribution in [-0.4, -0.2) is 0 Å². The Morgan fingerprint density at radius 2 is 1.29 bits per heavy atom. The third kappa shape index (κ3) is 9.62. The van der Waals surface area contributed by atoms with Crippen LogP contribution in [0.25, 0.3) is 0 Å². The molecule has 0 unspecified atom stereocenters. The lowest BCUT2D eigenvalue weighted by atomic mass is 10.2. The highest BCUT2D eigenvalue weighted by Gasteiger charge is 1.80. The Bertz CT molecular complexity index is 339. The first-order valence-corrected chi connectivity index (χ1v) is 6.29. The van der Waals surface area contributed by atoms with E-state index in [1.807, 2.05) is 0 Å². The summed E-state index contributed by atoms with van der Waals surface area (Å²) in [7, 11) is 0. The molecular weight excluding hydrogens is 204 g/mol. The Labute approximate surface area is 107 Å². The van der Waals surface area contributed by atoms with Gasteiger partial charge in [0.05, 0.1) is 0 Å². The maximum Gasteiger partial charge on any atom is -0.0349 e. The molecule has 0 nitrogen and oxygen atoms in total. The van der Waals surface area contributed by atoms with Gasteiger partial charge in [-0.1, -0.05) is 65.6 Å². The zero-order valence-corrected chi connectivity index (χ0v) is 12.2. The quantitative estimate of drug-likeness (QED) is 0.579. The van der Waals surface area contributed by atoms with Gasteiger partial charge in [0.25, 0.3) is 0 Å². The fourth-order valence-electron chi connectivity index (χ4n) is 1.06. The van der Waals surface area contributed by atoms with Crippen molar-refractivity contribution in [1.82, 2.24) is 0 Å². The van der Waals surface area contributed by atoms with Crippen LogP contribution in [0.2, 0.25) is 0 Å². The van der Waals surface area contributed by atoms with Gasteiger partial charge in [0.2, 0.25) is 0 Å². The van der Waals surface area contributed by atoms with Crippen LogP contribution in [0, 0.1) is 13.8 Å². The molecule has 0 atom stereocenters. The minimum absolute atomic E-state index is 1.16. The summed E-state index contributed by atoms with van der Waals surface area (Å²) in [6, 6.07) is 8.48. The van der Waals surface area contributed by atoms with Crippen molar-refractivity contribution in [2.75, 3.05) is 0 Å². The molecule has 0 saturated heterocycles. The Balaban J connectivity index is 0.000000302. The molecule has 1 aromatic carbocycles. The van der Waals surface area contributed by atoms with Crippen molar-refractivity contribution >= 4 is 0 Å². The Kier molecular flexibility index (Phi) is 8.13. The average molecular weight is 230 g/mol. The maximum absolute atomic E-state index is 2.18. The summed E-state index contributed by atoms with van der Waals surface area (Å²) in [4.78, 5) is 0. The van der Waals surface area contributed by atoms with Crippen molar-refractivity contribution in [1.29, 1.82) is 0 Å². The Morgan fingerprint density at radius 1 is 0.882 bits per heavy atom. The van der Waals surface area contributed by atoms with Crippen LogP contribution in [-0.2, 0) is 0 Å². The molecule has 0 radical (unpaired) electrons. The SMILES string of the molecule is CC/C(C)=C\C=C(C)C.Cc1ccc(C)cc1. The molecule has 0 bridgehead atoms. The summed E-state index contributed by atoms with van der Waals surface area (Å²) < 4.78 is 0. The minimum Gasteiger partial charge on any atom is -0.0764 e. The first-order chi connectivity index (χ1) is 7.95. The van der Waals surface area contributed by atoms with E-state index in [4.69, 9.17) is 0 Å². The zero-order valence-electron chi connectivity index (χ0n) is 12.2. The minimum atomic E-state index is 1.16. The molecule has 0 heterocycles. The number of allylic oxidation sites excluding steroid dienone is 4. The van der Waals surface area contributed by atoms with E-state index >= 15 is 0 Å². The number of hydrogen-bond acceptors (Lipinski definition) is 0. The lowest BCUT2D eigenvalue weighted by Crippen LogP contribution is -1.70. The second kappa shape index (κ2) is 8.81. The van der Waals surface area contributed by atoms with Crippen LogP contribution in [0.4, 0.5) is 0 Å². The van der Waals surface area contributed by atoms with E-state index in [0.717, 1.165) is 6.42 Å². The van der Waals surface area contributed by atoms with Crippen LogP contribution in [0.1, 0.15) is 45.2 Å². The molecule has 0 amide bonds. The van der Waals surface area contributed by atoms with E-state index in [-0.39, 0.29) is 0 Å². The molecular formula is C17H26. The lowest BCUT2D eigenvalue weighted by Gasteiger charge is -1.90. The van der Waals surface area contributed by atoms with Crippen molar-refractivity contribution in [3.8, 4) is 0 Å². The van der Waals surface area contributed by atoms with Gasteiger partial charge < -0.3 is 0 Å². The number of aryl methyl sites for hydroxylation is 2. The van der Waals surface area contributed by atoms with Crippen molar-refractivity contribution in [2.45, 2.75) is 48.0 Å². The van der Waals surface area contributed by atoms with Gasteiger partial charge in [-0.25, -0.2) is 0 Å². The molecule has 94 valence electrons. The molecule has 0 aliphatic carbocycles. The third-order valence-electron chi connectivity index (χ3n) is 2.48. The molecule has 0 aliphatic rings. The summed E-state index contributed by atoms with van der Waals surface area (Å²) in [5.74, 6) is 0. The van der Waals surface area contributed by atoms with Crippen molar-refractivity contribution in [2.24, 2.45) is 0 Å². The fraction of sp³-hybridized carbons (Fsp3) is 0.412. The average Bonchev–Trinajstić information content (AvgIpc) is 2.30. The Hall–Kier alpha value is -1.30. The monoisotopic (exact) mass is 230 g/mol. The summed E-state index contributed by atoms with van der Waals surface area (Å²) in [5.41, 5.74) is 5.46. The first kappa shape index (κ1) is 15.7. The predicted molar refractivity (Wildman–Crippen MR) is 79.4 cm³/mol. The summed E-state index contributed by atoms with van der Waals surface area (Å²) in [5, 5.41) is 0. The highest BCUT2D eigenvalue weighted by Crippen LogP contribution is 2.00. The topological polar surface area (TPSA) is 0 Å². The van der Waals surface area contributed by atoms with Crippen LogP contribution >= 0.6 is 0 Å². The van der Waals surface area contributed by atoms with E-state index < -0.39 is 0 Å². The van der Waals surface area contributed by atoms with Gasteiger partial charge in [-0.15, -0.1) is 0 Å². The van der Waals surface area contributed by atoms with Gasteiger partial charge in [0, 0.05) is 0 Å². The normalized spacial score (nSPS) is 10.4. The number of hydrogen-bond donors (Lipinski definition) is 0. The van der Waals surface area contributed by atoms with Crippen molar-refractivity contribution in [3.05, 3.63) is 58.7 Å². The van der Waals surface area contributed by atoms with E-state index in [1.165, 1.54) is 22.3 Å². The van der Waals surface area contributed by atoms with Crippen molar-refractivity contribution in [3.63, 3.8) is 0 Å². The lowest BCUT2D eigenvalue weighted by molar-refractivity contribution is 1.10.